The van der Waals surface area contributed by atoms with Crippen LogP contribution in [0, 0.1) is 5.41 Å². The highest BCUT2D eigenvalue weighted by atomic mass is 15.1. The summed E-state index contributed by atoms with van der Waals surface area (Å²) >= 11 is 0. The largest absolute Gasteiger partial charge is 0.330 e. The van der Waals surface area contributed by atoms with Crippen molar-refractivity contribution in [1.82, 2.24) is 9.88 Å². The van der Waals surface area contributed by atoms with E-state index in [9.17, 15) is 0 Å². The summed E-state index contributed by atoms with van der Waals surface area (Å²) in [6.07, 6.45) is 1.84. The number of nitrogens with two attached hydrogens (primary N) is 1. The second-order valence-corrected chi connectivity index (χ2v) is 6.20. The van der Waals surface area contributed by atoms with Crippen LogP contribution in [0.4, 0.5) is 0 Å². The van der Waals surface area contributed by atoms with Gasteiger partial charge in [-0.1, -0.05) is 32.9 Å². The Morgan fingerprint density at radius 3 is 2.75 bits per heavy atom. The van der Waals surface area contributed by atoms with Gasteiger partial charge in [0.25, 0.3) is 0 Å². The van der Waals surface area contributed by atoms with E-state index in [1.165, 1.54) is 10.9 Å². The van der Waals surface area contributed by atoms with Gasteiger partial charge in [0.05, 0.1) is 5.52 Å². The van der Waals surface area contributed by atoms with E-state index < -0.39 is 0 Å². The van der Waals surface area contributed by atoms with E-state index in [0.29, 0.717) is 6.54 Å². The average Bonchev–Trinajstić information content (AvgIpc) is 2.46. The molecule has 0 radical (unpaired) electrons. The van der Waals surface area contributed by atoms with Gasteiger partial charge in [0.15, 0.2) is 0 Å². The molecule has 3 heteroatoms. The van der Waals surface area contributed by atoms with Gasteiger partial charge in [0, 0.05) is 24.7 Å². The minimum atomic E-state index is 0.161. The molecule has 1 aromatic heterocycles. The first-order valence-corrected chi connectivity index (χ1v) is 7.30. The van der Waals surface area contributed by atoms with Gasteiger partial charge in [-0.25, -0.2) is 0 Å². The van der Waals surface area contributed by atoms with Crippen molar-refractivity contribution in [3.05, 3.63) is 42.1 Å². The molecule has 0 fully saturated rings. The van der Waals surface area contributed by atoms with Gasteiger partial charge >= 0.3 is 0 Å². The van der Waals surface area contributed by atoms with Crippen LogP contribution in [-0.4, -0.2) is 29.5 Å². The molecule has 2 N–H and O–H groups in total. The third-order valence-corrected chi connectivity index (χ3v) is 3.73. The minimum absolute atomic E-state index is 0.161. The molecule has 1 heterocycles. The minimum Gasteiger partial charge on any atom is -0.330 e. The van der Waals surface area contributed by atoms with E-state index >= 15 is 0 Å². The predicted molar refractivity (Wildman–Crippen MR) is 85.5 cm³/mol. The fourth-order valence-electron chi connectivity index (χ4n) is 2.43. The highest BCUT2D eigenvalue weighted by molar-refractivity contribution is 5.78. The highest BCUT2D eigenvalue weighted by Gasteiger charge is 2.19. The lowest BCUT2D eigenvalue weighted by atomic mass is 9.93. The number of hydrogen-bond acceptors (Lipinski definition) is 3. The second-order valence-electron chi connectivity index (χ2n) is 6.20. The summed E-state index contributed by atoms with van der Waals surface area (Å²) in [7, 11) is 0. The van der Waals surface area contributed by atoms with Crippen molar-refractivity contribution in [3.63, 3.8) is 0 Å². The van der Waals surface area contributed by atoms with E-state index in [0.717, 1.165) is 25.2 Å². The van der Waals surface area contributed by atoms with Gasteiger partial charge in [0.1, 0.15) is 0 Å². The molecule has 20 heavy (non-hydrogen) atoms. The van der Waals surface area contributed by atoms with Gasteiger partial charge in [-0.05, 0) is 42.3 Å². The maximum atomic E-state index is 5.84. The number of hydrogen-bond donors (Lipinski definition) is 1. The summed E-state index contributed by atoms with van der Waals surface area (Å²) < 4.78 is 0. The van der Waals surface area contributed by atoms with Crippen LogP contribution in [0.25, 0.3) is 10.9 Å². The standard InChI is InChI=1S/C17H25N3/c1-4-20(13-17(2,3)12-18)11-14-7-8-16-15(10-14)6-5-9-19-16/h5-10H,4,11-13,18H2,1-3H3. The summed E-state index contributed by atoms with van der Waals surface area (Å²) in [4.78, 5) is 6.81. The zero-order valence-electron chi connectivity index (χ0n) is 12.8. The summed E-state index contributed by atoms with van der Waals surface area (Å²) in [6, 6.07) is 10.6. The van der Waals surface area contributed by atoms with Crippen molar-refractivity contribution in [2.24, 2.45) is 11.1 Å². The Hall–Kier alpha value is -1.45. The SMILES string of the molecule is CCN(Cc1ccc2ncccc2c1)CC(C)(C)CN. The molecule has 0 aliphatic rings. The van der Waals surface area contributed by atoms with Crippen molar-refractivity contribution < 1.29 is 0 Å². The molecule has 3 nitrogen and oxygen atoms in total. The Bertz CT molecular complexity index is 563. The summed E-state index contributed by atoms with van der Waals surface area (Å²) in [5.41, 5.74) is 8.39. The van der Waals surface area contributed by atoms with Crippen molar-refractivity contribution in [2.45, 2.75) is 27.3 Å². The lowest BCUT2D eigenvalue weighted by molar-refractivity contribution is 0.183. The molecule has 0 aliphatic heterocycles. The molecule has 0 saturated heterocycles. The van der Waals surface area contributed by atoms with Gasteiger partial charge in [-0.15, -0.1) is 0 Å². The van der Waals surface area contributed by atoms with Crippen LogP contribution in [0.15, 0.2) is 36.5 Å². The Balaban J connectivity index is 2.13. The molecule has 2 aromatic rings. The maximum absolute atomic E-state index is 5.84. The summed E-state index contributed by atoms with van der Waals surface area (Å²) in [5.74, 6) is 0. The topological polar surface area (TPSA) is 42.2 Å². The predicted octanol–water partition coefficient (Wildman–Crippen LogP) is 3.04. The zero-order chi connectivity index (χ0) is 14.6. The van der Waals surface area contributed by atoms with Crippen molar-refractivity contribution >= 4 is 10.9 Å². The Labute approximate surface area is 121 Å². The fourth-order valence-corrected chi connectivity index (χ4v) is 2.43. The van der Waals surface area contributed by atoms with Gasteiger partial charge in [0.2, 0.25) is 0 Å². The van der Waals surface area contributed by atoms with Crippen molar-refractivity contribution in [3.8, 4) is 0 Å². The van der Waals surface area contributed by atoms with Crippen LogP contribution in [0.5, 0.6) is 0 Å². The van der Waals surface area contributed by atoms with Crippen molar-refractivity contribution in [2.75, 3.05) is 19.6 Å². The monoisotopic (exact) mass is 271 g/mol. The molecule has 0 spiro atoms. The second kappa shape index (κ2) is 6.33. The molecule has 0 aliphatic carbocycles. The maximum Gasteiger partial charge on any atom is 0.0702 e. The smallest absolute Gasteiger partial charge is 0.0702 e. The number of rotatable bonds is 6. The zero-order valence-corrected chi connectivity index (χ0v) is 12.8. The third-order valence-electron chi connectivity index (χ3n) is 3.73. The molecular weight excluding hydrogens is 246 g/mol. The van der Waals surface area contributed by atoms with Crippen LogP contribution < -0.4 is 5.73 Å². The Kier molecular flexibility index (Phi) is 4.73. The average molecular weight is 271 g/mol. The van der Waals surface area contributed by atoms with E-state index in [1.54, 1.807) is 0 Å². The Morgan fingerprint density at radius 2 is 2.05 bits per heavy atom. The van der Waals surface area contributed by atoms with E-state index in [2.05, 4.69) is 54.9 Å². The molecule has 0 bridgehead atoms. The summed E-state index contributed by atoms with van der Waals surface area (Å²) in [5, 5.41) is 1.21. The molecule has 108 valence electrons. The highest BCUT2D eigenvalue weighted by Crippen LogP contribution is 2.19. The molecular formula is C17H25N3. The van der Waals surface area contributed by atoms with Crippen LogP contribution in [-0.2, 0) is 6.54 Å². The molecule has 1 aromatic carbocycles. The lowest BCUT2D eigenvalue weighted by Gasteiger charge is -2.31. The number of pyridine rings is 1. The van der Waals surface area contributed by atoms with Crippen LogP contribution in [0.3, 0.4) is 0 Å². The van der Waals surface area contributed by atoms with E-state index in [1.807, 2.05) is 12.3 Å². The molecule has 2 rings (SSSR count). The Morgan fingerprint density at radius 1 is 1.25 bits per heavy atom. The molecule has 0 amide bonds. The van der Waals surface area contributed by atoms with Gasteiger partial charge in [-0.2, -0.15) is 0 Å². The molecule has 0 saturated carbocycles. The van der Waals surface area contributed by atoms with Crippen LogP contribution in [0.1, 0.15) is 26.3 Å². The normalized spacial score (nSPS) is 12.2. The lowest BCUT2D eigenvalue weighted by Crippen LogP contribution is -2.38. The van der Waals surface area contributed by atoms with Gasteiger partial charge in [-0.3, -0.25) is 9.88 Å². The molecule has 0 atom stereocenters. The van der Waals surface area contributed by atoms with Crippen LogP contribution in [0.2, 0.25) is 0 Å². The molecule has 0 unspecified atom stereocenters. The number of nitrogens with zero attached hydrogens (tertiary/aromatic N) is 2. The number of aromatic nitrogens is 1. The van der Waals surface area contributed by atoms with E-state index in [4.69, 9.17) is 5.73 Å². The first-order chi connectivity index (χ1) is 9.54. The first-order valence-electron chi connectivity index (χ1n) is 7.30. The number of benzene rings is 1. The number of fused-ring (bicyclic) bond motifs is 1. The van der Waals surface area contributed by atoms with E-state index in [-0.39, 0.29) is 5.41 Å². The quantitative estimate of drug-likeness (QED) is 0.878. The van der Waals surface area contributed by atoms with Crippen LogP contribution >= 0.6 is 0 Å². The van der Waals surface area contributed by atoms with Gasteiger partial charge < -0.3 is 5.73 Å². The van der Waals surface area contributed by atoms with Crippen molar-refractivity contribution in [1.29, 1.82) is 0 Å². The summed E-state index contributed by atoms with van der Waals surface area (Å²) in [6.45, 7) is 10.4. The first kappa shape index (κ1) is 14.9. The third kappa shape index (κ3) is 3.78. The fraction of sp³-hybridized carbons (Fsp3) is 0.471.